The van der Waals surface area contributed by atoms with Crippen molar-refractivity contribution >= 4 is 21.7 Å². The van der Waals surface area contributed by atoms with Crippen LogP contribution in [-0.2, 0) is 10.0 Å². The minimum absolute atomic E-state index is 0.0161. The van der Waals surface area contributed by atoms with Gasteiger partial charge >= 0.3 is 0 Å². The van der Waals surface area contributed by atoms with E-state index in [0.717, 1.165) is 6.07 Å². The summed E-state index contributed by atoms with van der Waals surface area (Å²) >= 11 is 0. The van der Waals surface area contributed by atoms with Gasteiger partial charge in [-0.2, -0.15) is 0 Å². The molecular weight excluding hydrogens is 271 g/mol. The molecule has 0 aliphatic carbocycles. The van der Waals surface area contributed by atoms with E-state index >= 15 is 0 Å². The van der Waals surface area contributed by atoms with Gasteiger partial charge in [0.15, 0.2) is 0 Å². The summed E-state index contributed by atoms with van der Waals surface area (Å²) in [7, 11) is -3.98. The number of aromatic nitrogens is 2. The van der Waals surface area contributed by atoms with E-state index in [-0.39, 0.29) is 22.1 Å². The van der Waals surface area contributed by atoms with Crippen LogP contribution in [0.5, 0.6) is 0 Å². The summed E-state index contributed by atoms with van der Waals surface area (Å²) in [6.07, 6.45) is 2.77. The Bertz CT molecular complexity index is 704. The monoisotopic (exact) mass is 282 g/mol. The van der Waals surface area contributed by atoms with Gasteiger partial charge in [-0.05, 0) is 25.1 Å². The highest BCUT2D eigenvalue weighted by molar-refractivity contribution is 7.92. The van der Waals surface area contributed by atoms with Crippen molar-refractivity contribution < 1.29 is 12.8 Å². The van der Waals surface area contributed by atoms with Gasteiger partial charge in [0.25, 0.3) is 10.0 Å². The molecule has 100 valence electrons. The lowest BCUT2D eigenvalue weighted by Crippen LogP contribution is -2.17. The van der Waals surface area contributed by atoms with Gasteiger partial charge in [-0.15, -0.1) is 0 Å². The van der Waals surface area contributed by atoms with Crippen LogP contribution in [0.4, 0.5) is 16.0 Å². The van der Waals surface area contributed by atoms with Gasteiger partial charge < -0.3 is 5.73 Å². The average Bonchev–Trinajstić information content (AvgIpc) is 2.34. The molecule has 8 heteroatoms. The van der Waals surface area contributed by atoms with Crippen LogP contribution in [0.15, 0.2) is 35.5 Å². The van der Waals surface area contributed by atoms with E-state index in [4.69, 9.17) is 5.73 Å². The summed E-state index contributed by atoms with van der Waals surface area (Å²) in [5.41, 5.74) is 5.46. The maximum Gasteiger partial charge on any atom is 0.264 e. The van der Waals surface area contributed by atoms with Crippen molar-refractivity contribution in [3.63, 3.8) is 0 Å². The van der Waals surface area contributed by atoms with E-state index in [9.17, 15) is 12.8 Å². The number of hydrogen-bond acceptors (Lipinski definition) is 5. The molecule has 0 unspecified atom stereocenters. The largest absolute Gasteiger partial charge is 0.399 e. The zero-order chi connectivity index (χ0) is 14.0. The van der Waals surface area contributed by atoms with Gasteiger partial charge in [-0.1, -0.05) is 0 Å². The topological polar surface area (TPSA) is 98.0 Å². The molecule has 0 aliphatic heterocycles. The molecule has 0 spiro atoms. The number of anilines is 2. The Hall–Kier alpha value is -2.22. The van der Waals surface area contributed by atoms with Gasteiger partial charge in [0, 0.05) is 23.6 Å². The SMILES string of the molecule is Cc1c(F)cc(N)cc1S(=O)(=O)Nc1ncccn1. The molecular formula is C11H11FN4O2S. The zero-order valence-electron chi connectivity index (χ0n) is 9.96. The summed E-state index contributed by atoms with van der Waals surface area (Å²) in [6.45, 7) is 1.36. The summed E-state index contributed by atoms with van der Waals surface area (Å²) in [5.74, 6) is -0.779. The van der Waals surface area contributed by atoms with Crippen LogP contribution in [0.2, 0.25) is 0 Å². The molecule has 0 bridgehead atoms. The van der Waals surface area contributed by atoms with Gasteiger partial charge in [0.05, 0.1) is 4.90 Å². The van der Waals surface area contributed by atoms with Crippen molar-refractivity contribution in [3.05, 3.63) is 42.0 Å². The van der Waals surface area contributed by atoms with Crippen LogP contribution in [0.3, 0.4) is 0 Å². The summed E-state index contributed by atoms with van der Waals surface area (Å²) < 4.78 is 39.9. The quantitative estimate of drug-likeness (QED) is 0.827. The summed E-state index contributed by atoms with van der Waals surface area (Å²) in [6, 6.07) is 3.79. The molecule has 0 saturated carbocycles. The van der Waals surface area contributed by atoms with Crippen LogP contribution in [-0.4, -0.2) is 18.4 Å². The predicted octanol–water partition coefficient (Wildman–Crippen LogP) is 1.31. The third kappa shape index (κ3) is 2.79. The van der Waals surface area contributed by atoms with Crippen molar-refractivity contribution in [2.24, 2.45) is 0 Å². The highest BCUT2D eigenvalue weighted by Gasteiger charge is 2.20. The highest BCUT2D eigenvalue weighted by Crippen LogP contribution is 2.23. The lowest BCUT2D eigenvalue weighted by atomic mass is 10.2. The first-order valence-corrected chi connectivity index (χ1v) is 6.74. The minimum atomic E-state index is -3.98. The van der Waals surface area contributed by atoms with Crippen molar-refractivity contribution in [1.82, 2.24) is 9.97 Å². The van der Waals surface area contributed by atoms with Crippen molar-refractivity contribution in [3.8, 4) is 0 Å². The first kappa shape index (κ1) is 13.2. The molecule has 1 aromatic carbocycles. The lowest BCUT2D eigenvalue weighted by molar-refractivity contribution is 0.591. The molecule has 0 atom stereocenters. The Labute approximate surface area is 109 Å². The summed E-state index contributed by atoms with van der Waals surface area (Å²) in [4.78, 5) is 7.24. The second-order valence-electron chi connectivity index (χ2n) is 3.80. The number of nitrogens with one attached hydrogen (secondary N) is 1. The standard InChI is InChI=1S/C11H11FN4O2S/c1-7-9(12)5-8(13)6-10(7)19(17,18)16-11-14-3-2-4-15-11/h2-6H,13H2,1H3,(H,14,15,16). The fraction of sp³-hybridized carbons (Fsp3) is 0.0909. The summed E-state index contributed by atoms with van der Waals surface area (Å²) in [5, 5.41) is 0. The third-order valence-corrected chi connectivity index (χ3v) is 3.85. The molecule has 2 aromatic rings. The lowest BCUT2D eigenvalue weighted by Gasteiger charge is -2.10. The van der Waals surface area contributed by atoms with E-state index in [0.29, 0.717) is 0 Å². The Morgan fingerprint density at radius 3 is 2.53 bits per heavy atom. The van der Waals surface area contributed by atoms with Crippen LogP contribution >= 0.6 is 0 Å². The normalized spacial score (nSPS) is 11.3. The molecule has 6 nitrogen and oxygen atoms in total. The van der Waals surface area contributed by atoms with Crippen molar-refractivity contribution in [1.29, 1.82) is 0 Å². The van der Waals surface area contributed by atoms with E-state index in [1.807, 2.05) is 0 Å². The van der Waals surface area contributed by atoms with E-state index in [2.05, 4.69) is 14.7 Å². The zero-order valence-corrected chi connectivity index (χ0v) is 10.8. The van der Waals surface area contributed by atoms with Gasteiger partial charge in [-0.25, -0.2) is 27.5 Å². The highest BCUT2D eigenvalue weighted by atomic mass is 32.2. The smallest absolute Gasteiger partial charge is 0.264 e. The number of halogens is 1. The second-order valence-corrected chi connectivity index (χ2v) is 5.45. The Kier molecular flexibility index (Phi) is 3.34. The molecule has 2 rings (SSSR count). The molecule has 0 saturated heterocycles. The minimum Gasteiger partial charge on any atom is -0.399 e. The van der Waals surface area contributed by atoms with E-state index < -0.39 is 15.8 Å². The Balaban J connectivity index is 2.46. The number of sulfonamides is 1. The fourth-order valence-corrected chi connectivity index (χ4v) is 2.73. The first-order valence-electron chi connectivity index (χ1n) is 5.25. The van der Waals surface area contributed by atoms with Crippen molar-refractivity contribution in [2.45, 2.75) is 11.8 Å². The predicted molar refractivity (Wildman–Crippen MR) is 68.4 cm³/mol. The van der Waals surface area contributed by atoms with Crippen molar-refractivity contribution in [2.75, 3.05) is 10.5 Å². The molecule has 19 heavy (non-hydrogen) atoms. The van der Waals surface area contributed by atoms with Crippen LogP contribution in [0, 0.1) is 12.7 Å². The Morgan fingerprint density at radius 1 is 1.26 bits per heavy atom. The van der Waals surface area contributed by atoms with E-state index in [1.165, 1.54) is 25.4 Å². The molecule has 0 amide bonds. The third-order valence-electron chi connectivity index (χ3n) is 2.40. The maximum atomic E-state index is 13.5. The molecule has 0 aliphatic rings. The second kappa shape index (κ2) is 4.81. The average molecular weight is 282 g/mol. The number of hydrogen-bond donors (Lipinski definition) is 2. The molecule has 3 N–H and O–H groups in total. The van der Waals surface area contributed by atoms with Gasteiger partial charge in [-0.3, -0.25) is 0 Å². The van der Waals surface area contributed by atoms with Crippen LogP contribution < -0.4 is 10.5 Å². The maximum absolute atomic E-state index is 13.5. The number of rotatable bonds is 3. The molecule has 1 aromatic heterocycles. The van der Waals surface area contributed by atoms with Gasteiger partial charge in [0.1, 0.15) is 5.82 Å². The number of nitrogens with zero attached hydrogens (tertiary/aromatic N) is 2. The molecule has 0 radical (unpaired) electrons. The number of benzene rings is 1. The fourth-order valence-electron chi connectivity index (χ4n) is 1.48. The van der Waals surface area contributed by atoms with Crippen LogP contribution in [0.25, 0.3) is 0 Å². The Morgan fingerprint density at radius 2 is 1.89 bits per heavy atom. The van der Waals surface area contributed by atoms with Crippen LogP contribution in [0.1, 0.15) is 5.56 Å². The number of nitrogens with two attached hydrogens (primary N) is 1. The molecule has 0 fully saturated rings. The molecule has 1 heterocycles. The number of nitrogen functional groups attached to an aromatic ring is 1. The van der Waals surface area contributed by atoms with E-state index in [1.54, 1.807) is 6.07 Å². The van der Waals surface area contributed by atoms with Gasteiger partial charge in [0.2, 0.25) is 5.95 Å². The first-order chi connectivity index (χ1) is 8.90.